The summed E-state index contributed by atoms with van der Waals surface area (Å²) in [6.45, 7) is 1.05. The number of nitriles is 1. The average molecular weight is 452 g/mol. The molecule has 0 aliphatic carbocycles. The van der Waals surface area contributed by atoms with E-state index >= 15 is 0 Å². The Bertz CT molecular complexity index is 1470. The summed E-state index contributed by atoms with van der Waals surface area (Å²) >= 11 is 0. The Morgan fingerprint density at radius 3 is 2.25 bits per heavy atom. The molecule has 2 aromatic heterocycles. The van der Waals surface area contributed by atoms with E-state index < -0.39 is 9.84 Å². The standard InChI is InChI=1S/C23H25N5O3S/c1-32(30,31)16-15-26-19-10-4-3-9-18(19)25-22(26)17-28-21-12-6-5-11-20(21)27(23(28)29)14-8-2-7-13-24/h3-6,9-12H,2,7-8,14-17H2,1H3. The average Bonchev–Trinajstić information content (AvgIpc) is 3.25. The van der Waals surface area contributed by atoms with Crippen LogP contribution in [0, 0.1) is 11.3 Å². The number of aryl methyl sites for hydroxylation is 2. The van der Waals surface area contributed by atoms with Gasteiger partial charge in [0.15, 0.2) is 0 Å². The highest BCUT2D eigenvalue weighted by Crippen LogP contribution is 2.20. The Kier molecular flexibility index (Phi) is 6.15. The lowest BCUT2D eigenvalue weighted by Crippen LogP contribution is -2.26. The smallest absolute Gasteiger partial charge is 0.325 e. The van der Waals surface area contributed by atoms with E-state index in [9.17, 15) is 13.2 Å². The van der Waals surface area contributed by atoms with Gasteiger partial charge in [0, 0.05) is 25.8 Å². The molecule has 0 saturated heterocycles. The third kappa shape index (κ3) is 4.46. The SMILES string of the molecule is CS(=O)(=O)CCn1c(Cn2c(=O)n(CCCCC#N)c3ccccc32)nc2ccccc21. The highest BCUT2D eigenvalue weighted by molar-refractivity contribution is 7.90. The zero-order chi connectivity index (χ0) is 22.7. The van der Waals surface area contributed by atoms with Crippen molar-refractivity contribution < 1.29 is 8.42 Å². The third-order valence-corrected chi connectivity index (χ3v) is 6.49. The minimum Gasteiger partial charge on any atom is -0.325 e. The maximum atomic E-state index is 13.3. The number of rotatable bonds is 9. The molecule has 0 aliphatic heterocycles. The second-order valence-corrected chi connectivity index (χ2v) is 10.2. The first-order chi connectivity index (χ1) is 15.4. The number of fused-ring (bicyclic) bond motifs is 2. The number of benzene rings is 2. The first-order valence-electron chi connectivity index (χ1n) is 10.6. The van der Waals surface area contributed by atoms with Gasteiger partial charge in [0.05, 0.1) is 40.4 Å². The Morgan fingerprint density at radius 2 is 1.56 bits per heavy atom. The summed E-state index contributed by atoms with van der Waals surface area (Å²) in [5, 5.41) is 8.77. The maximum absolute atomic E-state index is 13.3. The highest BCUT2D eigenvalue weighted by atomic mass is 32.2. The van der Waals surface area contributed by atoms with Crippen molar-refractivity contribution >= 4 is 31.9 Å². The molecule has 9 heteroatoms. The zero-order valence-corrected chi connectivity index (χ0v) is 18.8. The molecule has 166 valence electrons. The van der Waals surface area contributed by atoms with E-state index in [0.717, 1.165) is 34.9 Å². The predicted molar refractivity (Wildman–Crippen MR) is 124 cm³/mol. The lowest BCUT2D eigenvalue weighted by Gasteiger charge is -2.09. The van der Waals surface area contributed by atoms with Crippen LogP contribution in [0.25, 0.3) is 22.1 Å². The molecule has 0 spiro atoms. The predicted octanol–water partition coefficient (Wildman–Crippen LogP) is 2.94. The molecule has 4 rings (SSSR count). The highest BCUT2D eigenvalue weighted by Gasteiger charge is 2.18. The molecule has 0 radical (unpaired) electrons. The normalized spacial score (nSPS) is 11.9. The fourth-order valence-electron chi connectivity index (χ4n) is 4.01. The number of unbranched alkanes of at least 4 members (excludes halogenated alkanes) is 2. The molecule has 0 aliphatic rings. The van der Waals surface area contributed by atoms with Crippen molar-refractivity contribution in [1.82, 2.24) is 18.7 Å². The van der Waals surface area contributed by atoms with Crippen LogP contribution in [0.1, 0.15) is 25.1 Å². The van der Waals surface area contributed by atoms with Crippen LogP contribution in [0.3, 0.4) is 0 Å². The van der Waals surface area contributed by atoms with Gasteiger partial charge in [0.1, 0.15) is 15.7 Å². The fraction of sp³-hybridized carbons (Fsp3) is 0.348. The summed E-state index contributed by atoms with van der Waals surface area (Å²) < 4.78 is 28.9. The van der Waals surface area contributed by atoms with Gasteiger partial charge in [-0.25, -0.2) is 18.2 Å². The van der Waals surface area contributed by atoms with Crippen LogP contribution >= 0.6 is 0 Å². The van der Waals surface area contributed by atoms with Crippen LogP contribution in [0.5, 0.6) is 0 Å². The van der Waals surface area contributed by atoms with Gasteiger partial charge in [-0.15, -0.1) is 0 Å². The summed E-state index contributed by atoms with van der Waals surface area (Å²) in [6, 6.07) is 17.3. The van der Waals surface area contributed by atoms with Gasteiger partial charge in [0.2, 0.25) is 0 Å². The van der Waals surface area contributed by atoms with Gasteiger partial charge >= 0.3 is 5.69 Å². The van der Waals surface area contributed by atoms with Crippen molar-refractivity contribution in [2.75, 3.05) is 12.0 Å². The molecule has 8 nitrogen and oxygen atoms in total. The van der Waals surface area contributed by atoms with E-state index in [1.165, 1.54) is 6.26 Å². The minimum absolute atomic E-state index is 0.00406. The molecule has 0 N–H and O–H groups in total. The number of nitrogens with zero attached hydrogens (tertiary/aromatic N) is 5. The fourth-order valence-corrected chi connectivity index (χ4v) is 4.52. The third-order valence-electron chi connectivity index (χ3n) is 5.56. The summed E-state index contributed by atoms with van der Waals surface area (Å²) in [4.78, 5) is 18.0. The molecule has 0 saturated carbocycles. The Labute approximate surface area is 186 Å². The molecule has 0 bridgehead atoms. The van der Waals surface area contributed by atoms with Crippen molar-refractivity contribution in [2.45, 2.75) is 38.9 Å². The quantitative estimate of drug-likeness (QED) is 0.364. The molecular formula is C23H25N5O3S. The van der Waals surface area contributed by atoms with Crippen LogP contribution in [0.2, 0.25) is 0 Å². The van der Waals surface area contributed by atoms with Gasteiger partial charge < -0.3 is 4.57 Å². The molecule has 0 atom stereocenters. The second kappa shape index (κ2) is 9.01. The molecule has 2 heterocycles. The van der Waals surface area contributed by atoms with E-state index in [1.807, 2.05) is 53.1 Å². The summed E-state index contributed by atoms with van der Waals surface area (Å²) in [7, 11) is -3.16. The monoisotopic (exact) mass is 451 g/mol. The van der Waals surface area contributed by atoms with Crippen molar-refractivity contribution in [2.24, 2.45) is 0 Å². The lowest BCUT2D eigenvalue weighted by atomic mass is 10.2. The number of hydrogen-bond acceptors (Lipinski definition) is 5. The molecule has 32 heavy (non-hydrogen) atoms. The van der Waals surface area contributed by atoms with Gasteiger partial charge in [-0.3, -0.25) is 9.13 Å². The van der Waals surface area contributed by atoms with Crippen molar-refractivity contribution in [3.05, 3.63) is 64.8 Å². The van der Waals surface area contributed by atoms with Gasteiger partial charge in [-0.2, -0.15) is 5.26 Å². The molecule has 0 unspecified atom stereocenters. The number of imidazole rings is 2. The van der Waals surface area contributed by atoms with E-state index in [0.29, 0.717) is 18.8 Å². The topological polar surface area (TPSA) is 103 Å². The Balaban J connectivity index is 1.76. The van der Waals surface area contributed by atoms with Crippen molar-refractivity contribution in [3.8, 4) is 6.07 Å². The molecular weight excluding hydrogens is 426 g/mol. The summed E-state index contributed by atoms with van der Waals surface area (Å²) in [5.41, 5.74) is 3.13. The molecule has 2 aromatic carbocycles. The van der Waals surface area contributed by atoms with E-state index in [-0.39, 0.29) is 24.5 Å². The Morgan fingerprint density at radius 1 is 0.906 bits per heavy atom. The number of hydrogen-bond donors (Lipinski definition) is 0. The first-order valence-corrected chi connectivity index (χ1v) is 12.6. The van der Waals surface area contributed by atoms with Crippen LogP contribution in [-0.4, -0.2) is 39.1 Å². The van der Waals surface area contributed by atoms with Crippen LogP contribution in [0.15, 0.2) is 53.3 Å². The van der Waals surface area contributed by atoms with Gasteiger partial charge in [0.25, 0.3) is 0 Å². The van der Waals surface area contributed by atoms with Crippen molar-refractivity contribution in [3.63, 3.8) is 0 Å². The largest absolute Gasteiger partial charge is 0.329 e. The van der Waals surface area contributed by atoms with Gasteiger partial charge in [-0.05, 0) is 37.1 Å². The summed E-state index contributed by atoms with van der Waals surface area (Å²) in [5.74, 6) is 0.639. The number of para-hydroxylation sites is 4. The summed E-state index contributed by atoms with van der Waals surface area (Å²) in [6.07, 6.45) is 3.17. The van der Waals surface area contributed by atoms with Crippen LogP contribution < -0.4 is 5.69 Å². The van der Waals surface area contributed by atoms with Crippen LogP contribution in [0.4, 0.5) is 0 Å². The first kappa shape index (κ1) is 21.8. The van der Waals surface area contributed by atoms with E-state index in [1.54, 1.807) is 9.13 Å². The maximum Gasteiger partial charge on any atom is 0.329 e. The Hall–Kier alpha value is -3.38. The number of aromatic nitrogens is 4. The molecule has 4 aromatic rings. The lowest BCUT2D eigenvalue weighted by molar-refractivity contribution is 0.579. The van der Waals surface area contributed by atoms with E-state index in [2.05, 4.69) is 6.07 Å². The van der Waals surface area contributed by atoms with E-state index in [4.69, 9.17) is 10.2 Å². The van der Waals surface area contributed by atoms with Crippen LogP contribution in [-0.2, 0) is 29.5 Å². The van der Waals surface area contributed by atoms with Gasteiger partial charge in [-0.1, -0.05) is 24.3 Å². The molecule has 0 fully saturated rings. The minimum atomic E-state index is -3.16. The number of sulfone groups is 1. The zero-order valence-electron chi connectivity index (χ0n) is 17.9. The second-order valence-electron chi connectivity index (χ2n) is 7.92. The van der Waals surface area contributed by atoms with Crippen molar-refractivity contribution in [1.29, 1.82) is 5.26 Å². The molecule has 0 amide bonds.